The molecule has 0 bridgehead atoms. The standard InChI is InChI=1S/C9H20OSi/c1-9(10-11(2)3)7-5-4-6-8-9/h11H,4-8H2,1-3H3. The molecule has 0 saturated heterocycles. The molecule has 66 valence electrons. The highest BCUT2D eigenvalue weighted by atomic mass is 28.3. The van der Waals surface area contributed by atoms with Gasteiger partial charge in [0.25, 0.3) is 0 Å². The molecule has 0 N–H and O–H groups in total. The van der Waals surface area contributed by atoms with Crippen molar-refractivity contribution in [3.63, 3.8) is 0 Å². The highest BCUT2D eigenvalue weighted by Crippen LogP contribution is 2.31. The molecule has 0 radical (unpaired) electrons. The maximum Gasteiger partial charge on any atom is 0.171 e. The summed E-state index contributed by atoms with van der Waals surface area (Å²) in [5.41, 5.74) is 0.263. The topological polar surface area (TPSA) is 9.23 Å². The lowest BCUT2D eigenvalue weighted by molar-refractivity contribution is 0.0478. The van der Waals surface area contributed by atoms with Crippen LogP contribution in [0.2, 0.25) is 13.1 Å². The summed E-state index contributed by atoms with van der Waals surface area (Å²) in [6, 6.07) is 0. The molecule has 0 unspecified atom stereocenters. The van der Waals surface area contributed by atoms with Crippen LogP contribution in [0.25, 0.3) is 0 Å². The minimum atomic E-state index is -0.811. The quantitative estimate of drug-likeness (QED) is 0.582. The maximum absolute atomic E-state index is 6.02. The minimum absolute atomic E-state index is 0.263. The van der Waals surface area contributed by atoms with E-state index in [4.69, 9.17) is 4.43 Å². The summed E-state index contributed by atoms with van der Waals surface area (Å²) in [6.07, 6.45) is 6.74. The number of rotatable bonds is 2. The smallest absolute Gasteiger partial charge is 0.171 e. The van der Waals surface area contributed by atoms with E-state index in [9.17, 15) is 0 Å². The Morgan fingerprint density at radius 3 is 2.09 bits per heavy atom. The van der Waals surface area contributed by atoms with Crippen molar-refractivity contribution in [2.24, 2.45) is 0 Å². The van der Waals surface area contributed by atoms with Gasteiger partial charge in [0.05, 0.1) is 5.60 Å². The molecule has 1 nitrogen and oxygen atoms in total. The molecular weight excluding hydrogens is 152 g/mol. The van der Waals surface area contributed by atoms with Gasteiger partial charge in [-0.3, -0.25) is 0 Å². The summed E-state index contributed by atoms with van der Waals surface area (Å²) in [5, 5.41) is 0. The van der Waals surface area contributed by atoms with Crippen LogP contribution in [-0.2, 0) is 4.43 Å². The molecule has 0 aromatic rings. The molecule has 0 aromatic heterocycles. The van der Waals surface area contributed by atoms with Crippen LogP contribution in [0.5, 0.6) is 0 Å². The average Bonchev–Trinajstić information content (AvgIpc) is 1.85. The van der Waals surface area contributed by atoms with Gasteiger partial charge in [-0.1, -0.05) is 19.3 Å². The first-order valence-electron chi connectivity index (χ1n) is 4.80. The molecule has 1 aliphatic carbocycles. The van der Waals surface area contributed by atoms with Crippen LogP contribution in [0, 0.1) is 0 Å². The van der Waals surface area contributed by atoms with Gasteiger partial charge >= 0.3 is 0 Å². The number of hydrogen-bond acceptors (Lipinski definition) is 1. The zero-order valence-corrected chi connectivity index (χ0v) is 9.18. The molecule has 0 amide bonds. The Hall–Kier alpha value is 0.177. The summed E-state index contributed by atoms with van der Waals surface area (Å²) in [4.78, 5) is 0. The van der Waals surface area contributed by atoms with Crippen LogP contribution < -0.4 is 0 Å². The first kappa shape index (κ1) is 9.27. The predicted octanol–water partition coefficient (Wildman–Crippen LogP) is 2.71. The Morgan fingerprint density at radius 1 is 1.09 bits per heavy atom. The van der Waals surface area contributed by atoms with E-state index in [0.717, 1.165) is 0 Å². The third-order valence-corrected chi connectivity index (χ3v) is 3.47. The van der Waals surface area contributed by atoms with Crippen LogP contribution in [-0.4, -0.2) is 14.6 Å². The van der Waals surface area contributed by atoms with Crippen molar-refractivity contribution in [3.8, 4) is 0 Å². The van der Waals surface area contributed by atoms with Gasteiger partial charge in [0, 0.05) is 0 Å². The molecule has 1 fully saturated rings. The largest absolute Gasteiger partial charge is 0.415 e. The highest BCUT2D eigenvalue weighted by Gasteiger charge is 2.27. The molecule has 1 saturated carbocycles. The van der Waals surface area contributed by atoms with Crippen LogP contribution in [0.4, 0.5) is 0 Å². The fraction of sp³-hybridized carbons (Fsp3) is 1.00. The normalized spacial score (nSPS) is 24.0. The zero-order chi connectivity index (χ0) is 8.32. The molecule has 0 spiro atoms. The third kappa shape index (κ3) is 2.95. The lowest BCUT2D eigenvalue weighted by Crippen LogP contribution is -2.35. The molecule has 0 aliphatic heterocycles. The molecule has 0 aromatic carbocycles. The van der Waals surface area contributed by atoms with Gasteiger partial charge in [-0.25, -0.2) is 0 Å². The van der Waals surface area contributed by atoms with E-state index in [1.54, 1.807) is 0 Å². The number of hydrogen-bond donors (Lipinski definition) is 0. The SMILES string of the molecule is C[SiH](C)OC1(C)CCCCC1. The van der Waals surface area contributed by atoms with Gasteiger partial charge in [0.1, 0.15) is 0 Å². The van der Waals surface area contributed by atoms with Gasteiger partial charge in [0.2, 0.25) is 0 Å². The molecular formula is C9H20OSi. The molecule has 11 heavy (non-hydrogen) atoms. The Kier molecular flexibility index (Phi) is 3.13. The highest BCUT2D eigenvalue weighted by molar-refractivity contribution is 6.48. The summed E-state index contributed by atoms with van der Waals surface area (Å²) < 4.78 is 6.02. The maximum atomic E-state index is 6.02. The van der Waals surface area contributed by atoms with Gasteiger partial charge in [-0.2, -0.15) is 0 Å². The second-order valence-corrected chi connectivity index (χ2v) is 6.51. The summed E-state index contributed by atoms with van der Waals surface area (Å²) in [7, 11) is -0.811. The van der Waals surface area contributed by atoms with E-state index >= 15 is 0 Å². The summed E-state index contributed by atoms with van der Waals surface area (Å²) >= 11 is 0. The second kappa shape index (κ2) is 3.72. The zero-order valence-electron chi connectivity index (χ0n) is 8.02. The first-order chi connectivity index (χ1) is 5.12. The van der Waals surface area contributed by atoms with E-state index in [0.29, 0.717) is 0 Å². The van der Waals surface area contributed by atoms with Crippen molar-refractivity contribution in [3.05, 3.63) is 0 Å². The fourth-order valence-electron chi connectivity index (χ4n) is 1.99. The van der Waals surface area contributed by atoms with Gasteiger partial charge < -0.3 is 4.43 Å². The van der Waals surface area contributed by atoms with Crippen LogP contribution in [0.15, 0.2) is 0 Å². The molecule has 2 heteroatoms. The van der Waals surface area contributed by atoms with E-state index in [1.807, 2.05) is 0 Å². The van der Waals surface area contributed by atoms with Gasteiger partial charge in [0.15, 0.2) is 9.04 Å². The molecule has 1 rings (SSSR count). The van der Waals surface area contributed by atoms with E-state index in [1.165, 1.54) is 32.1 Å². The summed E-state index contributed by atoms with van der Waals surface area (Å²) in [5.74, 6) is 0. The average molecular weight is 172 g/mol. The van der Waals surface area contributed by atoms with Crippen molar-refractivity contribution in [1.29, 1.82) is 0 Å². The molecule has 0 heterocycles. The second-order valence-electron chi connectivity index (χ2n) is 4.18. The van der Waals surface area contributed by atoms with Crippen molar-refractivity contribution in [1.82, 2.24) is 0 Å². The Morgan fingerprint density at radius 2 is 1.64 bits per heavy atom. The monoisotopic (exact) mass is 172 g/mol. The fourth-order valence-corrected chi connectivity index (χ4v) is 3.36. The van der Waals surface area contributed by atoms with Gasteiger partial charge in [-0.15, -0.1) is 0 Å². The summed E-state index contributed by atoms with van der Waals surface area (Å²) in [6.45, 7) is 6.82. The van der Waals surface area contributed by atoms with Crippen molar-refractivity contribution in [2.45, 2.75) is 57.7 Å². The van der Waals surface area contributed by atoms with E-state index < -0.39 is 9.04 Å². The Labute approximate surface area is 71.9 Å². The Balaban J connectivity index is 2.37. The van der Waals surface area contributed by atoms with Crippen molar-refractivity contribution in [2.75, 3.05) is 0 Å². The lowest BCUT2D eigenvalue weighted by atomic mass is 9.87. The minimum Gasteiger partial charge on any atom is -0.415 e. The predicted molar refractivity (Wildman–Crippen MR) is 51.5 cm³/mol. The third-order valence-electron chi connectivity index (χ3n) is 2.43. The van der Waals surface area contributed by atoms with Crippen LogP contribution in [0.3, 0.4) is 0 Å². The van der Waals surface area contributed by atoms with Crippen LogP contribution >= 0.6 is 0 Å². The van der Waals surface area contributed by atoms with E-state index in [-0.39, 0.29) is 5.60 Å². The molecule has 1 aliphatic rings. The molecule has 0 atom stereocenters. The van der Waals surface area contributed by atoms with Crippen LogP contribution in [0.1, 0.15) is 39.0 Å². The van der Waals surface area contributed by atoms with Crippen molar-refractivity contribution < 1.29 is 4.43 Å². The first-order valence-corrected chi connectivity index (χ1v) is 7.58. The van der Waals surface area contributed by atoms with Gasteiger partial charge in [-0.05, 0) is 32.9 Å². The Bertz CT molecular complexity index is 117. The lowest BCUT2D eigenvalue weighted by Gasteiger charge is -2.35. The van der Waals surface area contributed by atoms with E-state index in [2.05, 4.69) is 20.0 Å². The van der Waals surface area contributed by atoms with Crippen molar-refractivity contribution >= 4 is 9.04 Å².